The minimum atomic E-state index is 0.0377. The number of hydrogen-bond acceptors (Lipinski definition) is 2. The Hall–Kier alpha value is -1.81. The summed E-state index contributed by atoms with van der Waals surface area (Å²) < 4.78 is 2.09. The summed E-state index contributed by atoms with van der Waals surface area (Å²) >= 11 is 6.16. The first-order chi connectivity index (χ1) is 15.2. The molecule has 2 atom stereocenters. The maximum Gasteiger partial charge on any atom is 0.272 e. The van der Waals surface area contributed by atoms with Crippen LogP contribution in [0.1, 0.15) is 97.8 Å². The van der Waals surface area contributed by atoms with Crippen LogP contribution in [0.2, 0.25) is 5.02 Å². The van der Waals surface area contributed by atoms with E-state index < -0.39 is 0 Å². The Kier molecular flexibility index (Phi) is 5.09. The molecular formula is C26H32ClN3O. The van der Waals surface area contributed by atoms with Crippen molar-refractivity contribution in [2.45, 2.75) is 76.0 Å². The SMILES string of the molecule is O=C(NCC1CCCCC1)c1nn(-c2ccc(Cl)cc2)c2c1C1CC3CC(C1)CC2C3. The van der Waals surface area contributed by atoms with Gasteiger partial charge in [0.15, 0.2) is 5.69 Å². The van der Waals surface area contributed by atoms with Crippen LogP contribution in [0.5, 0.6) is 0 Å². The van der Waals surface area contributed by atoms with Gasteiger partial charge in [0.25, 0.3) is 5.91 Å². The van der Waals surface area contributed by atoms with Gasteiger partial charge in [-0.1, -0.05) is 30.9 Å². The molecule has 2 aromatic rings. The van der Waals surface area contributed by atoms with Crippen LogP contribution < -0.4 is 5.32 Å². The van der Waals surface area contributed by atoms with Gasteiger partial charge in [-0.05, 0) is 92.9 Å². The van der Waals surface area contributed by atoms with E-state index in [4.69, 9.17) is 16.7 Å². The Morgan fingerprint density at radius 2 is 1.65 bits per heavy atom. The average molecular weight is 438 g/mol. The lowest BCUT2D eigenvalue weighted by Gasteiger charge is -2.38. The van der Waals surface area contributed by atoms with Gasteiger partial charge in [-0.25, -0.2) is 4.68 Å². The predicted molar refractivity (Wildman–Crippen MR) is 123 cm³/mol. The minimum absolute atomic E-state index is 0.0377. The number of hydrogen-bond donors (Lipinski definition) is 1. The zero-order chi connectivity index (χ0) is 20.9. The third kappa shape index (κ3) is 3.61. The summed E-state index contributed by atoms with van der Waals surface area (Å²) in [6, 6.07) is 7.92. The summed E-state index contributed by atoms with van der Waals surface area (Å²) in [7, 11) is 0. The number of amides is 1. The molecule has 3 fully saturated rings. The van der Waals surface area contributed by atoms with Crippen molar-refractivity contribution in [3.05, 3.63) is 46.2 Å². The highest BCUT2D eigenvalue weighted by Gasteiger charge is 2.46. The molecule has 5 aliphatic rings. The van der Waals surface area contributed by atoms with Crippen LogP contribution in [0.3, 0.4) is 0 Å². The van der Waals surface area contributed by atoms with Gasteiger partial charge in [-0.3, -0.25) is 4.79 Å². The highest BCUT2D eigenvalue weighted by atomic mass is 35.5. The largest absolute Gasteiger partial charge is 0.350 e. The summed E-state index contributed by atoms with van der Waals surface area (Å²) in [6.45, 7) is 0.792. The van der Waals surface area contributed by atoms with E-state index in [0.29, 0.717) is 23.4 Å². The second-order valence-electron chi connectivity index (χ2n) is 10.6. The Balaban J connectivity index is 1.38. The second kappa shape index (κ2) is 7.95. The third-order valence-electron chi connectivity index (χ3n) is 8.45. The molecule has 4 bridgehead atoms. The first kappa shape index (κ1) is 19.8. The molecular weight excluding hydrogens is 406 g/mol. The molecule has 5 heteroatoms. The lowest BCUT2D eigenvalue weighted by molar-refractivity contribution is 0.0934. The van der Waals surface area contributed by atoms with Crippen LogP contribution in [0.15, 0.2) is 24.3 Å². The minimum Gasteiger partial charge on any atom is -0.350 e. The van der Waals surface area contributed by atoms with Crippen LogP contribution in [0, 0.1) is 17.8 Å². The number of nitrogens with zero attached hydrogens (tertiary/aromatic N) is 2. The zero-order valence-corrected chi connectivity index (χ0v) is 18.9. The van der Waals surface area contributed by atoms with Gasteiger partial charge in [-0.2, -0.15) is 5.10 Å². The molecule has 1 amide bonds. The number of carbonyl (C=O) groups excluding carboxylic acids is 1. The fraction of sp³-hybridized carbons (Fsp3) is 0.615. The van der Waals surface area contributed by atoms with Crippen molar-refractivity contribution < 1.29 is 4.79 Å². The molecule has 1 N–H and O–H groups in total. The Labute approximate surface area is 189 Å². The predicted octanol–water partition coefficient (Wildman–Crippen LogP) is 6.23. The van der Waals surface area contributed by atoms with Crippen molar-refractivity contribution in [1.82, 2.24) is 15.1 Å². The van der Waals surface area contributed by atoms with Gasteiger partial charge in [0, 0.05) is 23.0 Å². The molecule has 2 unspecified atom stereocenters. The summed E-state index contributed by atoms with van der Waals surface area (Å²) in [6.07, 6.45) is 12.8. The zero-order valence-electron chi connectivity index (χ0n) is 18.2. The van der Waals surface area contributed by atoms with E-state index in [-0.39, 0.29) is 5.91 Å². The van der Waals surface area contributed by atoms with E-state index in [1.54, 1.807) is 0 Å². The van der Waals surface area contributed by atoms with Gasteiger partial charge < -0.3 is 5.32 Å². The van der Waals surface area contributed by atoms with Crippen molar-refractivity contribution in [3.8, 4) is 5.69 Å². The lowest BCUT2D eigenvalue weighted by atomic mass is 9.67. The van der Waals surface area contributed by atoms with Gasteiger partial charge in [0.2, 0.25) is 0 Å². The number of carbonyl (C=O) groups is 1. The Bertz CT molecular complexity index is 961. The molecule has 0 saturated heterocycles. The number of halogens is 1. The highest BCUT2D eigenvalue weighted by Crippen LogP contribution is 2.57. The molecule has 1 aromatic heterocycles. The van der Waals surface area contributed by atoms with E-state index in [1.807, 2.05) is 24.3 Å². The number of nitrogens with one attached hydrogen (secondary N) is 1. The topological polar surface area (TPSA) is 46.9 Å². The molecule has 7 rings (SSSR count). The Morgan fingerprint density at radius 1 is 0.968 bits per heavy atom. The van der Waals surface area contributed by atoms with Gasteiger partial charge in [0.05, 0.1) is 11.4 Å². The van der Waals surface area contributed by atoms with E-state index in [2.05, 4.69) is 10.00 Å². The fourth-order valence-corrected chi connectivity index (χ4v) is 7.33. The monoisotopic (exact) mass is 437 g/mol. The van der Waals surface area contributed by atoms with E-state index in [0.717, 1.165) is 29.1 Å². The Morgan fingerprint density at radius 3 is 2.35 bits per heavy atom. The molecule has 4 nitrogen and oxygen atoms in total. The van der Waals surface area contributed by atoms with Gasteiger partial charge >= 0.3 is 0 Å². The van der Waals surface area contributed by atoms with E-state index in [9.17, 15) is 4.79 Å². The van der Waals surface area contributed by atoms with E-state index >= 15 is 0 Å². The highest BCUT2D eigenvalue weighted by molar-refractivity contribution is 6.30. The van der Waals surface area contributed by atoms with Crippen molar-refractivity contribution >= 4 is 17.5 Å². The fourth-order valence-electron chi connectivity index (χ4n) is 7.21. The van der Waals surface area contributed by atoms with E-state index in [1.165, 1.54) is 75.5 Å². The van der Waals surface area contributed by atoms with Gasteiger partial charge in [0.1, 0.15) is 0 Å². The number of benzene rings is 1. The molecule has 31 heavy (non-hydrogen) atoms. The summed E-state index contributed by atoms with van der Waals surface area (Å²) in [5.41, 5.74) is 4.30. The molecule has 164 valence electrons. The first-order valence-corrected chi connectivity index (χ1v) is 12.7. The summed E-state index contributed by atoms with van der Waals surface area (Å²) in [4.78, 5) is 13.4. The second-order valence-corrected chi connectivity index (χ2v) is 11.0. The maximum atomic E-state index is 13.4. The summed E-state index contributed by atoms with van der Waals surface area (Å²) in [5.74, 6) is 3.30. The third-order valence-corrected chi connectivity index (χ3v) is 8.71. The molecule has 3 saturated carbocycles. The van der Waals surface area contributed by atoms with Crippen molar-refractivity contribution in [2.24, 2.45) is 17.8 Å². The van der Waals surface area contributed by atoms with Crippen molar-refractivity contribution in [3.63, 3.8) is 0 Å². The molecule has 5 aliphatic carbocycles. The molecule has 0 aliphatic heterocycles. The first-order valence-electron chi connectivity index (χ1n) is 12.3. The average Bonchev–Trinajstić information content (AvgIpc) is 3.10. The van der Waals surface area contributed by atoms with Crippen LogP contribution in [0.4, 0.5) is 0 Å². The molecule has 1 heterocycles. The quantitative estimate of drug-likeness (QED) is 0.616. The smallest absolute Gasteiger partial charge is 0.272 e. The van der Waals surface area contributed by atoms with Crippen LogP contribution in [-0.4, -0.2) is 22.2 Å². The van der Waals surface area contributed by atoms with Crippen molar-refractivity contribution in [1.29, 1.82) is 0 Å². The van der Waals surface area contributed by atoms with Crippen molar-refractivity contribution in [2.75, 3.05) is 6.54 Å². The lowest BCUT2D eigenvalue weighted by Crippen LogP contribution is -2.32. The molecule has 0 radical (unpaired) electrons. The maximum absolute atomic E-state index is 13.4. The molecule has 0 spiro atoms. The van der Waals surface area contributed by atoms with Gasteiger partial charge in [-0.15, -0.1) is 0 Å². The van der Waals surface area contributed by atoms with Crippen LogP contribution in [0.25, 0.3) is 5.69 Å². The van der Waals surface area contributed by atoms with Crippen LogP contribution >= 0.6 is 11.6 Å². The normalized spacial score (nSPS) is 29.6. The van der Waals surface area contributed by atoms with Crippen LogP contribution in [-0.2, 0) is 0 Å². The molecule has 1 aromatic carbocycles. The number of aromatic nitrogens is 2. The number of rotatable bonds is 4. The summed E-state index contributed by atoms with van der Waals surface area (Å²) in [5, 5.41) is 8.99. The standard InChI is InChI=1S/C26H32ClN3O/c27-21-6-8-22(9-7-21)30-25-20-13-17-10-18(14-20)12-19(11-17)23(25)24(29-30)26(31)28-15-16-4-2-1-3-5-16/h6-9,16-20H,1-5,10-15H2,(H,28,31).